The van der Waals surface area contributed by atoms with E-state index in [1.54, 1.807) is 17.7 Å². The summed E-state index contributed by atoms with van der Waals surface area (Å²) in [7, 11) is 3.85. The van der Waals surface area contributed by atoms with Gasteiger partial charge in [-0.2, -0.15) is 0 Å². The van der Waals surface area contributed by atoms with E-state index in [9.17, 15) is 4.79 Å². The molecule has 128 valence electrons. The van der Waals surface area contributed by atoms with Crippen LogP contribution in [0.15, 0.2) is 35.5 Å². The molecule has 3 rings (SSSR count). The van der Waals surface area contributed by atoms with E-state index < -0.39 is 0 Å². The zero-order valence-electron chi connectivity index (χ0n) is 14.6. The Morgan fingerprint density at radius 2 is 1.92 bits per heavy atom. The van der Waals surface area contributed by atoms with Gasteiger partial charge in [0.05, 0.1) is 0 Å². The van der Waals surface area contributed by atoms with E-state index in [4.69, 9.17) is 0 Å². The lowest BCUT2D eigenvalue weighted by atomic mass is 10.0. The molecule has 1 aliphatic heterocycles. The maximum absolute atomic E-state index is 11.7. The van der Waals surface area contributed by atoms with E-state index in [-0.39, 0.29) is 5.56 Å². The van der Waals surface area contributed by atoms with Gasteiger partial charge in [0.2, 0.25) is 5.95 Å². The lowest BCUT2D eigenvalue weighted by Gasteiger charge is -2.36. The van der Waals surface area contributed by atoms with Crippen LogP contribution in [-0.4, -0.2) is 45.6 Å². The molecule has 6 nitrogen and oxygen atoms in total. The number of aryl methyl sites for hydroxylation is 2. The van der Waals surface area contributed by atoms with Crippen molar-refractivity contribution in [1.29, 1.82) is 0 Å². The number of pyridine rings is 1. The quantitative estimate of drug-likeness (QED) is 0.853. The Bertz CT molecular complexity index is 732. The molecule has 2 aromatic rings. The number of nitrogens with zero attached hydrogens (tertiary/aromatic N) is 5. The lowest BCUT2D eigenvalue weighted by molar-refractivity contribution is 0.202. The van der Waals surface area contributed by atoms with Crippen LogP contribution in [-0.2, 0) is 13.6 Å². The Morgan fingerprint density at radius 1 is 1.25 bits per heavy atom. The molecule has 0 unspecified atom stereocenters. The first kappa shape index (κ1) is 16.6. The highest BCUT2D eigenvalue weighted by atomic mass is 16.1. The molecule has 3 heterocycles. The maximum Gasteiger partial charge on any atom is 0.250 e. The minimum Gasteiger partial charge on any atom is -0.341 e. The highest BCUT2D eigenvalue weighted by Crippen LogP contribution is 2.20. The summed E-state index contributed by atoms with van der Waals surface area (Å²) in [4.78, 5) is 25.2. The molecule has 1 aliphatic rings. The summed E-state index contributed by atoms with van der Waals surface area (Å²) in [5.74, 6) is 0.797. The monoisotopic (exact) mass is 327 g/mol. The zero-order chi connectivity index (χ0) is 17.1. The lowest BCUT2D eigenvalue weighted by Crippen LogP contribution is -2.43. The molecule has 0 spiro atoms. The fourth-order valence-electron chi connectivity index (χ4n) is 3.14. The summed E-state index contributed by atoms with van der Waals surface area (Å²) < 4.78 is 1.60. The van der Waals surface area contributed by atoms with Gasteiger partial charge in [-0.3, -0.25) is 9.69 Å². The second kappa shape index (κ2) is 7.13. The van der Waals surface area contributed by atoms with Crippen LogP contribution in [0.5, 0.6) is 0 Å². The molecule has 0 radical (unpaired) electrons. The Kier molecular flexibility index (Phi) is 4.94. The highest BCUT2D eigenvalue weighted by molar-refractivity contribution is 5.30. The number of hydrogen-bond donors (Lipinski definition) is 0. The maximum atomic E-state index is 11.7. The molecule has 0 aromatic carbocycles. The molecular weight excluding hydrogens is 302 g/mol. The summed E-state index contributed by atoms with van der Waals surface area (Å²) >= 11 is 0. The predicted molar refractivity (Wildman–Crippen MR) is 95.2 cm³/mol. The SMILES string of the molecule is Cc1cnc(N(C)C2CCN(Cc3ccn(C)c(=O)c3)CC2)nc1. The van der Waals surface area contributed by atoms with Gasteiger partial charge in [0.25, 0.3) is 5.56 Å². The summed E-state index contributed by atoms with van der Waals surface area (Å²) in [5.41, 5.74) is 2.22. The molecule has 6 heteroatoms. The average molecular weight is 327 g/mol. The first-order valence-corrected chi connectivity index (χ1v) is 8.42. The third-order valence-corrected chi connectivity index (χ3v) is 4.76. The van der Waals surface area contributed by atoms with Crippen LogP contribution in [0.3, 0.4) is 0 Å². The van der Waals surface area contributed by atoms with E-state index in [1.807, 2.05) is 31.6 Å². The molecule has 2 aromatic heterocycles. The van der Waals surface area contributed by atoms with E-state index in [1.165, 1.54) is 0 Å². The van der Waals surface area contributed by atoms with E-state index in [0.29, 0.717) is 6.04 Å². The number of hydrogen-bond acceptors (Lipinski definition) is 5. The molecule has 0 atom stereocenters. The minimum absolute atomic E-state index is 0.0543. The Labute approximate surface area is 142 Å². The topological polar surface area (TPSA) is 54.3 Å². The van der Waals surface area contributed by atoms with E-state index in [0.717, 1.165) is 49.6 Å². The number of aromatic nitrogens is 3. The van der Waals surface area contributed by atoms with Crippen LogP contribution in [0.4, 0.5) is 5.95 Å². The zero-order valence-corrected chi connectivity index (χ0v) is 14.6. The molecule has 1 saturated heterocycles. The molecule has 24 heavy (non-hydrogen) atoms. The normalized spacial score (nSPS) is 16.3. The van der Waals surface area contributed by atoms with Crippen molar-refractivity contribution in [3.63, 3.8) is 0 Å². The van der Waals surface area contributed by atoms with E-state index in [2.05, 4.69) is 26.8 Å². The number of likely N-dealkylation sites (tertiary alicyclic amines) is 1. The number of piperidine rings is 1. The highest BCUT2D eigenvalue weighted by Gasteiger charge is 2.23. The molecule has 0 saturated carbocycles. The van der Waals surface area contributed by atoms with Crippen molar-refractivity contribution in [2.24, 2.45) is 7.05 Å². The molecule has 0 amide bonds. The van der Waals surface area contributed by atoms with Crippen molar-refractivity contribution < 1.29 is 0 Å². The van der Waals surface area contributed by atoms with Crippen LogP contribution in [0.25, 0.3) is 0 Å². The number of rotatable bonds is 4. The van der Waals surface area contributed by atoms with Crippen molar-refractivity contribution in [2.75, 3.05) is 25.0 Å². The second-order valence-corrected chi connectivity index (χ2v) is 6.66. The van der Waals surface area contributed by atoms with Gasteiger partial charge in [-0.25, -0.2) is 9.97 Å². The van der Waals surface area contributed by atoms with E-state index >= 15 is 0 Å². The first-order chi connectivity index (χ1) is 11.5. The number of anilines is 1. The van der Waals surface area contributed by atoms with Crippen molar-refractivity contribution in [3.8, 4) is 0 Å². The van der Waals surface area contributed by atoms with Crippen molar-refractivity contribution in [3.05, 3.63) is 52.2 Å². The first-order valence-electron chi connectivity index (χ1n) is 8.42. The molecular formula is C18H25N5O. The second-order valence-electron chi connectivity index (χ2n) is 6.66. The molecule has 0 bridgehead atoms. The Balaban J connectivity index is 1.56. The minimum atomic E-state index is 0.0543. The molecule has 0 aliphatic carbocycles. The Morgan fingerprint density at radius 3 is 2.54 bits per heavy atom. The predicted octanol–water partition coefficient (Wildman–Crippen LogP) is 1.58. The average Bonchev–Trinajstić information content (AvgIpc) is 2.59. The van der Waals surface area contributed by atoms with Gasteiger partial charge in [-0.05, 0) is 37.0 Å². The fourth-order valence-corrected chi connectivity index (χ4v) is 3.14. The summed E-state index contributed by atoms with van der Waals surface area (Å²) in [6.45, 7) is 4.89. The van der Waals surface area contributed by atoms with Crippen LogP contribution in [0, 0.1) is 6.92 Å². The van der Waals surface area contributed by atoms with Crippen LogP contribution in [0.2, 0.25) is 0 Å². The standard InChI is InChI=1S/C18H25N5O/c1-14-11-19-18(20-12-14)22(3)16-5-8-23(9-6-16)13-15-4-7-21(2)17(24)10-15/h4,7,10-12,16H,5-6,8-9,13H2,1-3H3. The van der Waals surface area contributed by atoms with Crippen LogP contribution < -0.4 is 10.5 Å². The van der Waals surface area contributed by atoms with Gasteiger partial charge in [0.15, 0.2) is 0 Å². The van der Waals surface area contributed by atoms with Gasteiger partial charge in [0.1, 0.15) is 0 Å². The fraction of sp³-hybridized carbons (Fsp3) is 0.500. The molecule has 1 fully saturated rings. The van der Waals surface area contributed by atoms with Crippen molar-refractivity contribution in [1.82, 2.24) is 19.4 Å². The molecule has 0 N–H and O–H groups in total. The van der Waals surface area contributed by atoms with Gasteiger partial charge < -0.3 is 9.47 Å². The summed E-state index contributed by atoms with van der Waals surface area (Å²) in [6, 6.07) is 4.23. The van der Waals surface area contributed by atoms with Gasteiger partial charge in [0, 0.05) is 64.4 Å². The Hall–Kier alpha value is -2.21. The van der Waals surface area contributed by atoms with Gasteiger partial charge in [-0.15, -0.1) is 0 Å². The summed E-state index contributed by atoms with van der Waals surface area (Å²) in [5, 5.41) is 0. The van der Waals surface area contributed by atoms with Gasteiger partial charge in [-0.1, -0.05) is 0 Å². The van der Waals surface area contributed by atoms with Crippen molar-refractivity contribution >= 4 is 5.95 Å². The largest absolute Gasteiger partial charge is 0.341 e. The van der Waals surface area contributed by atoms with Crippen molar-refractivity contribution in [2.45, 2.75) is 32.4 Å². The third-order valence-electron chi connectivity index (χ3n) is 4.76. The van der Waals surface area contributed by atoms with Crippen LogP contribution in [0.1, 0.15) is 24.0 Å². The van der Waals surface area contributed by atoms with Gasteiger partial charge >= 0.3 is 0 Å². The summed E-state index contributed by atoms with van der Waals surface area (Å²) in [6.07, 6.45) is 7.73. The smallest absolute Gasteiger partial charge is 0.250 e. The van der Waals surface area contributed by atoms with Crippen LogP contribution >= 0.6 is 0 Å². The third kappa shape index (κ3) is 3.82.